The van der Waals surface area contributed by atoms with Gasteiger partial charge in [-0.3, -0.25) is 9.59 Å². The second kappa shape index (κ2) is 13.4. The zero-order valence-electron chi connectivity index (χ0n) is 21.3. The van der Waals surface area contributed by atoms with Gasteiger partial charge in [-0.2, -0.15) is 0 Å². The highest BCUT2D eigenvalue weighted by atomic mass is 35.5. The summed E-state index contributed by atoms with van der Waals surface area (Å²) in [7, 11) is 0. The molecule has 4 amide bonds. The van der Waals surface area contributed by atoms with Crippen LogP contribution >= 0.6 is 46.4 Å². The number of carbonyl (C=O) groups is 4. The van der Waals surface area contributed by atoms with Gasteiger partial charge in [0.25, 0.3) is 11.8 Å². The Morgan fingerprint density at radius 3 is 2.24 bits per heavy atom. The minimum Gasteiger partial charge on any atom is -0.480 e. The lowest BCUT2D eigenvalue weighted by molar-refractivity contribution is -0.139. The van der Waals surface area contributed by atoms with E-state index >= 15 is 0 Å². The summed E-state index contributed by atoms with van der Waals surface area (Å²) in [5.41, 5.74) is 2.74. The van der Waals surface area contributed by atoms with Gasteiger partial charge in [0, 0.05) is 12.1 Å². The number of rotatable bonds is 9. The molecule has 0 fully saturated rings. The molecule has 3 aromatic rings. The van der Waals surface area contributed by atoms with Gasteiger partial charge in [-0.25, -0.2) is 9.59 Å². The normalized spacial score (nSPS) is 14.5. The van der Waals surface area contributed by atoms with Crippen LogP contribution in [0.25, 0.3) is 0 Å². The molecule has 0 heterocycles. The second-order valence-corrected chi connectivity index (χ2v) is 10.9. The van der Waals surface area contributed by atoms with E-state index in [1.165, 1.54) is 12.1 Å². The average molecular weight is 638 g/mol. The predicted molar refractivity (Wildman–Crippen MR) is 157 cm³/mol. The van der Waals surface area contributed by atoms with E-state index in [1.807, 2.05) is 24.3 Å². The van der Waals surface area contributed by atoms with Crippen LogP contribution < -0.4 is 21.3 Å². The van der Waals surface area contributed by atoms with E-state index in [1.54, 1.807) is 18.2 Å². The first-order valence-electron chi connectivity index (χ1n) is 12.4. The van der Waals surface area contributed by atoms with Gasteiger partial charge in [0.1, 0.15) is 6.04 Å². The number of carbonyl (C=O) groups excluding carboxylic acids is 3. The molecule has 1 aliphatic carbocycles. The third kappa shape index (κ3) is 7.62. The monoisotopic (exact) mass is 636 g/mol. The Kier molecular flexibility index (Phi) is 9.99. The second-order valence-electron chi connectivity index (χ2n) is 9.25. The number of hydrogen-bond donors (Lipinski definition) is 5. The maximum absolute atomic E-state index is 12.9. The van der Waals surface area contributed by atoms with Crippen LogP contribution in [0.1, 0.15) is 49.9 Å². The lowest BCUT2D eigenvalue weighted by Crippen LogP contribution is -2.50. The highest BCUT2D eigenvalue weighted by molar-refractivity contribution is 6.42. The molecule has 41 heavy (non-hydrogen) atoms. The van der Waals surface area contributed by atoms with E-state index in [9.17, 15) is 24.3 Å². The van der Waals surface area contributed by atoms with E-state index in [2.05, 4.69) is 21.3 Å². The quantitative estimate of drug-likeness (QED) is 0.214. The summed E-state index contributed by atoms with van der Waals surface area (Å²) < 4.78 is 0. The summed E-state index contributed by atoms with van der Waals surface area (Å²) in [6, 6.07) is 12.9. The standard InChI is InChI=1S/C28H24Cl4N4O5/c29-18-7-5-14(9-19(18)30)12-33-25(37)16-10-20(31)24(21(32)11-16)26(38)35-23(27(39)40)13-34-28(41)36-22-8-6-15-3-1-2-4-17(15)22/h1-5,7,9-11,22-23H,6,8,12-13H2,(H,33,37)(H,35,38)(H,39,40)(H2,34,36,41)/t22-,23+/m1/s1. The van der Waals surface area contributed by atoms with Crippen molar-refractivity contribution in [3.8, 4) is 0 Å². The first-order chi connectivity index (χ1) is 19.5. The smallest absolute Gasteiger partial charge is 0.328 e. The Labute approximate surface area is 255 Å². The molecule has 13 heteroatoms. The van der Waals surface area contributed by atoms with Crippen LogP contribution in [0.5, 0.6) is 0 Å². The van der Waals surface area contributed by atoms with Crippen molar-refractivity contribution in [3.63, 3.8) is 0 Å². The number of hydrogen-bond acceptors (Lipinski definition) is 4. The number of urea groups is 1. The van der Waals surface area contributed by atoms with Crippen molar-refractivity contribution in [2.45, 2.75) is 31.5 Å². The van der Waals surface area contributed by atoms with Crippen molar-refractivity contribution in [1.82, 2.24) is 21.3 Å². The van der Waals surface area contributed by atoms with Gasteiger partial charge in [0.05, 0.1) is 38.2 Å². The Morgan fingerprint density at radius 1 is 0.854 bits per heavy atom. The van der Waals surface area contributed by atoms with Crippen LogP contribution in [0, 0.1) is 0 Å². The highest BCUT2D eigenvalue weighted by Crippen LogP contribution is 2.30. The van der Waals surface area contributed by atoms with Crippen molar-refractivity contribution in [2.75, 3.05) is 6.54 Å². The SMILES string of the molecule is O=C(NC[C@H](NC(=O)c1c(Cl)cc(C(=O)NCc2ccc(Cl)c(Cl)c2)cc1Cl)C(=O)O)N[C@@H]1CCc2ccccc21. The fourth-order valence-electron chi connectivity index (χ4n) is 4.40. The van der Waals surface area contributed by atoms with Gasteiger partial charge in [0.15, 0.2) is 0 Å². The van der Waals surface area contributed by atoms with Crippen molar-refractivity contribution >= 4 is 70.2 Å². The number of benzene rings is 3. The highest BCUT2D eigenvalue weighted by Gasteiger charge is 2.27. The van der Waals surface area contributed by atoms with Gasteiger partial charge in [-0.05, 0) is 53.8 Å². The first-order valence-corrected chi connectivity index (χ1v) is 13.9. The average Bonchev–Trinajstić information content (AvgIpc) is 3.33. The molecule has 0 bridgehead atoms. The van der Waals surface area contributed by atoms with Crippen LogP contribution in [0.3, 0.4) is 0 Å². The summed E-state index contributed by atoms with van der Waals surface area (Å²) in [4.78, 5) is 49.8. The molecule has 1 aliphatic rings. The van der Waals surface area contributed by atoms with E-state index in [0.717, 1.165) is 24.0 Å². The molecule has 214 valence electrons. The van der Waals surface area contributed by atoms with Crippen molar-refractivity contribution in [3.05, 3.63) is 103 Å². The third-order valence-electron chi connectivity index (χ3n) is 6.48. The molecule has 0 saturated heterocycles. The minimum absolute atomic E-state index is 0.0817. The number of carboxylic acid groups (broad SMARTS) is 1. The molecule has 5 N–H and O–H groups in total. The molecule has 0 aliphatic heterocycles. The minimum atomic E-state index is -1.48. The Bertz CT molecular complexity index is 1490. The summed E-state index contributed by atoms with van der Waals surface area (Å²) in [5, 5.41) is 20.3. The molecule has 0 saturated carbocycles. The van der Waals surface area contributed by atoms with Crippen molar-refractivity contribution < 1.29 is 24.3 Å². The zero-order valence-corrected chi connectivity index (χ0v) is 24.3. The van der Waals surface area contributed by atoms with Crippen LogP contribution in [-0.2, 0) is 17.8 Å². The van der Waals surface area contributed by atoms with Gasteiger partial charge in [-0.1, -0.05) is 76.7 Å². The van der Waals surface area contributed by atoms with E-state index in [-0.39, 0.29) is 33.8 Å². The molecule has 2 atom stereocenters. The fourth-order valence-corrected chi connectivity index (χ4v) is 5.38. The molecule has 3 aromatic carbocycles. The first kappa shape index (κ1) is 30.5. The largest absolute Gasteiger partial charge is 0.480 e. The van der Waals surface area contributed by atoms with Crippen molar-refractivity contribution in [2.24, 2.45) is 0 Å². The molecular formula is C28H24Cl4N4O5. The fraction of sp³-hybridized carbons (Fsp3) is 0.214. The number of carboxylic acids is 1. The molecule has 0 aromatic heterocycles. The molecule has 9 nitrogen and oxygen atoms in total. The van der Waals surface area contributed by atoms with E-state index in [0.29, 0.717) is 15.6 Å². The maximum Gasteiger partial charge on any atom is 0.328 e. The molecule has 0 unspecified atom stereocenters. The van der Waals surface area contributed by atoms with Gasteiger partial charge >= 0.3 is 12.0 Å². The molecule has 0 radical (unpaired) electrons. The van der Waals surface area contributed by atoms with E-state index < -0.39 is 36.4 Å². The zero-order chi connectivity index (χ0) is 29.7. The van der Waals surface area contributed by atoms with Crippen LogP contribution in [0.4, 0.5) is 4.79 Å². The van der Waals surface area contributed by atoms with Gasteiger partial charge < -0.3 is 26.4 Å². The van der Waals surface area contributed by atoms with Crippen molar-refractivity contribution in [1.29, 1.82) is 0 Å². The Balaban J connectivity index is 1.35. The van der Waals surface area contributed by atoms with Crippen LogP contribution in [-0.4, -0.2) is 41.5 Å². The van der Waals surface area contributed by atoms with Gasteiger partial charge in [0.2, 0.25) is 0 Å². The Morgan fingerprint density at radius 2 is 1.56 bits per heavy atom. The lowest BCUT2D eigenvalue weighted by atomic mass is 10.1. The summed E-state index contributed by atoms with van der Waals surface area (Å²) in [6.45, 7) is -0.257. The number of halogens is 4. The number of nitrogens with one attached hydrogen (secondary N) is 4. The number of fused-ring (bicyclic) bond motifs is 1. The Hall–Kier alpha value is -3.50. The third-order valence-corrected chi connectivity index (χ3v) is 7.81. The van der Waals surface area contributed by atoms with Gasteiger partial charge in [-0.15, -0.1) is 0 Å². The van der Waals surface area contributed by atoms with E-state index in [4.69, 9.17) is 46.4 Å². The summed E-state index contributed by atoms with van der Waals surface area (Å²) in [5.74, 6) is -2.78. The number of aryl methyl sites for hydroxylation is 1. The summed E-state index contributed by atoms with van der Waals surface area (Å²) >= 11 is 24.4. The summed E-state index contributed by atoms with van der Waals surface area (Å²) in [6.07, 6.45) is 1.56. The maximum atomic E-state index is 12.9. The molecular weight excluding hydrogens is 614 g/mol. The lowest BCUT2D eigenvalue weighted by Gasteiger charge is -2.19. The van der Waals surface area contributed by atoms with Crippen LogP contribution in [0.15, 0.2) is 54.6 Å². The number of aliphatic carboxylic acids is 1. The molecule has 0 spiro atoms. The number of amides is 4. The topological polar surface area (TPSA) is 137 Å². The molecule has 4 rings (SSSR count). The predicted octanol–water partition coefficient (Wildman–Crippen LogP) is 5.40. The van der Waals surface area contributed by atoms with Crippen LogP contribution in [0.2, 0.25) is 20.1 Å².